The van der Waals surface area contributed by atoms with Gasteiger partial charge in [0.2, 0.25) is 11.8 Å². The topological polar surface area (TPSA) is 191 Å². The zero-order chi connectivity index (χ0) is 31.6. The zero-order valence-corrected chi connectivity index (χ0v) is 25.6. The van der Waals surface area contributed by atoms with Gasteiger partial charge in [-0.3, -0.25) is 19.5 Å². The lowest BCUT2D eigenvalue weighted by Crippen LogP contribution is -2.37. The van der Waals surface area contributed by atoms with E-state index >= 15 is 0 Å². The number of nitrogens with one attached hydrogen (secondary N) is 5. The maximum Gasteiger partial charge on any atom is 0.323 e. The molecule has 0 aliphatic heterocycles. The maximum absolute atomic E-state index is 14.0. The second-order valence-corrected chi connectivity index (χ2v) is 10.3. The van der Waals surface area contributed by atoms with Crippen LogP contribution in [0.15, 0.2) is 60.7 Å². The van der Waals surface area contributed by atoms with Gasteiger partial charge in [-0.05, 0) is 66.8 Å². The molecule has 12 nitrogen and oxygen atoms in total. The lowest BCUT2D eigenvalue weighted by Gasteiger charge is -2.11. The summed E-state index contributed by atoms with van der Waals surface area (Å²) in [5.41, 5.74) is 9.15. The Kier molecular flexibility index (Phi) is 12.4. The fourth-order valence-corrected chi connectivity index (χ4v) is 4.53. The number of rotatable bonds is 13. The number of carboxylic acid groups (broad SMARTS) is 1. The van der Waals surface area contributed by atoms with E-state index in [0.29, 0.717) is 37.3 Å². The fourth-order valence-electron chi connectivity index (χ4n) is 4.53. The predicted octanol–water partition coefficient (Wildman–Crippen LogP) is 4.85. The molecule has 4 aromatic rings. The molecule has 45 heavy (non-hydrogen) atoms. The monoisotopic (exact) mass is 637 g/mol. The van der Waals surface area contributed by atoms with E-state index in [9.17, 15) is 23.6 Å². The first-order chi connectivity index (χ1) is 21.1. The number of anilines is 3. The maximum atomic E-state index is 14.0. The van der Waals surface area contributed by atoms with Gasteiger partial charge < -0.3 is 32.1 Å². The first kappa shape index (κ1) is 34.5. The molecule has 0 bridgehead atoms. The minimum absolute atomic E-state index is 0. The number of nitrogens with two attached hydrogens (primary N) is 1. The number of H-pyrrole nitrogens is 1. The summed E-state index contributed by atoms with van der Waals surface area (Å²) in [5, 5.41) is 27.4. The SMILES string of the molecule is Cc1ccc(F)c(NC(=O)Nc2ccc(-c3cccc4[nH]nc(NC(=O)CCCCCNC(=O)C[C@H](N)C(=O)O)c34)cc2)c1.S. The second-order valence-electron chi connectivity index (χ2n) is 10.3. The van der Waals surface area contributed by atoms with E-state index in [1.54, 1.807) is 31.2 Å². The van der Waals surface area contributed by atoms with Crippen LogP contribution in [0, 0.1) is 12.7 Å². The summed E-state index contributed by atoms with van der Waals surface area (Å²) in [7, 11) is 0. The Morgan fingerprint density at radius 3 is 2.44 bits per heavy atom. The number of aromatic nitrogens is 2. The molecule has 8 N–H and O–H groups in total. The molecule has 4 rings (SSSR count). The van der Waals surface area contributed by atoms with Crippen LogP contribution in [-0.4, -0.2) is 51.7 Å². The number of aromatic amines is 1. The Morgan fingerprint density at radius 2 is 1.71 bits per heavy atom. The largest absolute Gasteiger partial charge is 0.480 e. The van der Waals surface area contributed by atoms with Crippen LogP contribution in [0.2, 0.25) is 0 Å². The molecule has 3 aromatic carbocycles. The number of carbonyl (C=O) groups is 4. The summed E-state index contributed by atoms with van der Waals surface area (Å²) in [6.45, 7) is 2.17. The van der Waals surface area contributed by atoms with Gasteiger partial charge in [0, 0.05) is 18.7 Å². The molecular weight excluding hydrogens is 601 g/mol. The number of aliphatic carboxylic acids is 1. The fraction of sp³-hybridized carbons (Fsp3) is 0.258. The number of halogens is 1. The number of aryl methyl sites for hydroxylation is 1. The van der Waals surface area contributed by atoms with Crippen LogP contribution < -0.4 is 27.0 Å². The minimum atomic E-state index is -1.23. The van der Waals surface area contributed by atoms with Crippen LogP contribution >= 0.6 is 13.5 Å². The van der Waals surface area contributed by atoms with Crippen molar-refractivity contribution < 1.29 is 28.7 Å². The average Bonchev–Trinajstić information content (AvgIpc) is 3.39. The van der Waals surface area contributed by atoms with Gasteiger partial charge in [0.05, 0.1) is 23.0 Å². The Labute approximate surface area is 265 Å². The van der Waals surface area contributed by atoms with Gasteiger partial charge in [-0.1, -0.05) is 36.8 Å². The molecule has 0 saturated carbocycles. The molecule has 1 heterocycles. The highest BCUT2D eigenvalue weighted by Gasteiger charge is 2.16. The molecule has 0 radical (unpaired) electrons. The Balaban J connectivity index is 0.00000552. The number of fused-ring (bicyclic) bond motifs is 1. The summed E-state index contributed by atoms with van der Waals surface area (Å²) in [4.78, 5) is 47.5. The Morgan fingerprint density at radius 1 is 0.956 bits per heavy atom. The van der Waals surface area contributed by atoms with E-state index in [4.69, 9.17) is 10.8 Å². The van der Waals surface area contributed by atoms with Crippen molar-refractivity contribution in [1.82, 2.24) is 15.5 Å². The van der Waals surface area contributed by atoms with E-state index in [2.05, 4.69) is 31.5 Å². The summed E-state index contributed by atoms with van der Waals surface area (Å²) < 4.78 is 14.0. The van der Waals surface area contributed by atoms with Crippen molar-refractivity contribution in [1.29, 1.82) is 0 Å². The van der Waals surface area contributed by atoms with Gasteiger partial charge in [-0.15, -0.1) is 0 Å². The van der Waals surface area contributed by atoms with Crippen molar-refractivity contribution >= 4 is 65.4 Å². The van der Waals surface area contributed by atoms with Crippen LogP contribution in [-0.2, 0) is 14.4 Å². The number of nitrogens with zero attached hydrogens (tertiary/aromatic N) is 1. The van der Waals surface area contributed by atoms with Crippen LogP contribution in [0.1, 0.15) is 37.7 Å². The molecule has 1 aromatic heterocycles. The highest BCUT2D eigenvalue weighted by molar-refractivity contribution is 7.59. The summed E-state index contributed by atoms with van der Waals surface area (Å²) in [6, 6.07) is 15.4. The van der Waals surface area contributed by atoms with E-state index < -0.39 is 29.8 Å². The number of hydrogen-bond donors (Lipinski definition) is 7. The van der Waals surface area contributed by atoms with E-state index in [-0.39, 0.29) is 37.9 Å². The molecule has 0 fully saturated rings. The molecule has 14 heteroatoms. The number of hydrogen-bond acceptors (Lipinski definition) is 6. The highest BCUT2D eigenvalue weighted by Crippen LogP contribution is 2.33. The van der Waals surface area contributed by atoms with Crippen molar-refractivity contribution in [3.63, 3.8) is 0 Å². The average molecular weight is 638 g/mol. The van der Waals surface area contributed by atoms with Gasteiger partial charge >= 0.3 is 12.0 Å². The van der Waals surface area contributed by atoms with Gasteiger partial charge in [0.1, 0.15) is 11.9 Å². The van der Waals surface area contributed by atoms with E-state index in [1.807, 2.05) is 30.3 Å². The molecular formula is C31H36FN7O5S. The van der Waals surface area contributed by atoms with Crippen LogP contribution in [0.4, 0.5) is 26.4 Å². The number of urea groups is 1. The first-order valence-corrected chi connectivity index (χ1v) is 14.1. The van der Waals surface area contributed by atoms with Gasteiger partial charge in [-0.2, -0.15) is 18.6 Å². The lowest BCUT2D eigenvalue weighted by atomic mass is 10.0. The summed E-state index contributed by atoms with van der Waals surface area (Å²) >= 11 is 0. The van der Waals surface area contributed by atoms with Crippen molar-refractivity contribution in [2.24, 2.45) is 5.73 Å². The van der Waals surface area contributed by atoms with Crippen LogP contribution in [0.3, 0.4) is 0 Å². The molecule has 1 atom stereocenters. The third-order valence-electron chi connectivity index (χ3n) is 6.80. The molecule has 238 valence electrons. The molecule has 0 aliphatic rings. The first-order valence-electron chi connectivity index (χ1n) is 14.1. The third kappa shape index (κ3) is 9.78. The summed E-state index contributed by atoms with van der Waals surface area (Å²) in [5.74, 6) is -2.00. The Hall–Kier alpha value is -4.95. The number of amides is 4. The van der Waals surface area contributed by atoms with Gasteiger partial charge in [0.25, 0.3) is 0 Å². The van der Waals surface area contributed by atoms with Crippen molar-refractivity contribution in [2.45, 2.75) is 45.1 Å². The van der Waals surface area contributed by atoms with Crippen LogP contribution in [0.5, 0.6) is 0 Å². The molecule has 0 saturated heterocycles. The van der Waals surface area contributed by atoms with Crippen molar-refractivity contribution in [3.05, 3.63) is 72.0 Å². The normalized spacial score (nSPS) is 11.3. The smallest absolute Gasteiger partial charge is 0.323 e. The summed E-state index contributed by atoms with van der Waals surface area (Å²) in [6.07, 6.45) is 1.87. The number of carbonyl (C=O) groups excluding carboxylic acids is 3. The molecule has 4 amide bonds. The lowest BCUT2D eigenvalue weighted by molar-refractivity contribution is -0.140. The van der Waals surface area contributed by atoms with E-state index in [0.717, 1.165) is 27.6 Å². The predicted molar refractivity (Wildman–Crippen MR) is 176 cm³/mol. The van der Waals surface area contributed by atoms with E-state index in [1.165, 1.54) is 6.07 Å². The minimum Gasteiger partial charge on any atom is -0.480 e. The van der Waals surface area contributed by atoms with Crippen LogP contribution in [0.25, 0.3) is 22.0 Å². The molecule has 0 spiro atoms. The highest BCUT2D eigenvalue weighted by atomic mass is 32.1. The second kappa shape index (κ2) is 16.2. The van der Waals surface area contributed by atoms with Crippen molar-refractivity contribution in [2.75, 3.05) is 22.5 Å². The van der Waals surface area contributed by atoms with Gasteiger partial charge in [0.15, 0.2) is 5.82 Å². The number of benzene rings is 3. The van der Waals surface area contributed by atoms with Crippen molar-refractivity contribution in [3.8, 4) is 11.1 Å². The standard InChI is InChI=1S/C31H34FN7O5.H2S/c1-18-9-14-22(32)25(16-18)36-31(44)35-20-12-10-19(11-13-20)21-6-5-7-24-28(21)29(39-38-24)37-26(40)8-3-2-4-15-34-27(41)17-23(33)30(42)43;/h5-7,9-14,16,23H,2-4,8,15,17,33H2,1H3,(H,34,41)(H,42,43)(H2,35,36,44)(H2,37,38,39,40);1H2/t23-;/m0./s1. The van der Waals surface area contributed by atoms with Gasteiger partial charge in [-0.25, -0.2) is 9.18 Å². The number of carboxylic acids is 1. The third-order valence-corrected chi connectivity index (χ3v) is 6.80. The number of unbranched alkanes of at least 4 members (excludes halogenated alkanes) is 2. The quantitative estimate of drug-likeness (QED) is 0.102. The molecule has 0 unspecified atom stereocenters. The Bertz CT molecular complexity index is 1660. The zero-order valence-electron chi connectivity index (χ0n) is 24.6. The molecule has 0 aliphatic carbocycles.